The number of carbonyl (C=O) groups excluding carboxylic acids is 2. The van der Waals surface area contributed by atoms with E-state index in [4.69, 9.17) is 9.53 Å². The van der Waals surface area contributed by atoms with Gasteiger partial charge in [-0.25, -0.2) is 4.39 Å². The lowest BCUT2D eigenvalue weighted by Gasteiger charge is -2.29. The fraction of sp³-hybridized carbons (Fsp3) is 0.440. The number of hydrogen-bond acceptors (Lipinski definition) is 3. The molecule has 2 saturated carbocycles. The Morgan fingerprint density at radius 3 is 2.34 bits per heavy atom. The van der Waals surface area contributed by atoms with Crippen LogP contribution in [0, 0.1) is 5.82 Å². The van der Waals surface area contributed by atoms with E-state index < -0.39 is 0 Å². The molecule has 2 aromatic carbocycles. The monoisotopic (exact) mass is 400 g/mol. The van der Waals surface area contributed by atoms with Gasteiger partial charge in [-0.2, -0.15) is 0 Å². The molecule has 0 aromatic heterocycles. The summed E-state index contributed by atoms with van der Waals surface area (Å²) in [6.07, 6.45) is 8.68. The molecule has 0 unspecified atom stereocenters. The highest BCUT2D eigenvalue weighted by atomic mass is 19.1. The molecule has 0 saturated heterocycles. The third kappa shape index (κ3) is 4.92. The summed E-state index contributed by atoms with van der Waals surface area (Å²) in [5, 5.41) is 0. The summed E-state index contributed by atoms with van der Waals surface area (Å²) in [7, 11) is 0. The van der Waals surface area contributed by atoms with E-state index in [1.165, 1.54) is 19.8 Å². The molecule has 158 valence electrons. The Kier molecular flexibility index (Phi) is 7.18. The summed E-state index contributed by atoms with van der Waals surface area (Å²) in [5.41, 5.74) is 3.16. The molecule has 0 aliphatic heterocycles. The van der Waals surface area contributed by atoms with Crippen LogP contribution in [-0.2, 0) is 4.79 Å². The van der Waals surface area contributed by atoms with Crippen LogP contribution in [0.15, 0.2) is 36.4 Å². The Labute approximate surface area is 175 Å². The predicted octanol–water partition coefficient (Wildman–Crippen LogP) is 6.98. The maximum Gasteiger partial charge on any atom is 0.159 e. The number of benzene rings is 2. The molecule has 2 aliphatic carbocycles. The molecular weight excluding hydrogens is 367 g/mol. The van der Waals surface area contributed by atoms with Crippen molar-refractivity contribution in [2.24, 2.45) is 0 Å². The first-order valence-corrected chi connectivity index (χ1v) is 10.5. The van der Waals surface area contributed by atoms with Crippen molar-refractivity contribution in [2.75, 3.05) is 0 Å². The first kappa shape index (κ1) is 21.2. The maximum atomic E-state index is 14.7. The van der Waals surface area contributed by atoms with Crippen LogP contribution in [0.2, 0.25) is 0 Å². The number of halogens is 1. The van der Waals surface area contributed by atoms with Gasteiger partial charge in [0.1, 0.15) is 17.9 Å². The molecule has 0 bridgehead atoms. The first-order valence-electron chi connectivity index (χ1n) is 10.5. The lowest BCUT2D eigenvalue weighted by molar-refractivity contribution is -0.106. The largest absolute Gasteiger partial charge is 0.490 e. The molecule has 0 amide bonds. The highest BCUT2D eigenvalue weighted by Gasteiger charge is 2.27. The van der Waals surface area contributed by atoms with Gasteiger partial charge in [-0.15, -0.1) is 0 Å². The molecule has 2 aromatic rings. The van der Waals surface area contributed by atoms with Gasteiger partial charge >= 0.3 is 0 Å². The molecule has 2 fully saturated rings. The minimum absolute atomic E-state index is 0. The Hall–Kier alpha value is -2.49. The second kappa shape index (κ2) is 9.82. The van der Waals surface area contributed by atoms with Gasteiger partial charge in [-0.1, -0.05) is 18.6 Å². The van der Waals surface area contributed by atoms with Gasteiger partial charge in [-0.3, -0.25) is 4.79 Å². The van der Waals surface area contributed by atoms with E-state index in [1.807, 2.05) is 24.3 Å². The highest BCUT2D eigenvalue weighted by molar-refractivity contribution is 5.96. The number of carbonyl (C=O) groups is 2. The second-order valence-electron chi connectivity index (χ2n) is 7.86. The third-order valence-corrected chi connectivity index (χ3v) is 5.84. The topological polar surface area (TPSA) is 43.4 Å². The molecule has 0 spiro atoms. The van der Waals surface area contributed by atoms with Crippen molar-refractivity contribution in [2.45, 2.75) is 70.8 Å². The van der Waals surface area contributed by atoms with E-state index >= 15 is 0 Å². The number of ketones is 1. The van der Waals surface area contributed by atoms with Gasteiger partial charge in [0.25, 0.3) is 0 Å². The van der Waals surface area contributed by atoms with Crippen LogP contribution in [0.25, 0.3) is 11.1 Å². The molecule has 29 heavy (non-hydrogen) atoms. The summed E-state index contributed by atoms with van der Waals surface area (Å²) in [5.74, 6) is 0.909. The first-order chi connectivity index (χ1) is 14.0. The van der Waals surface area contributed by atoms with Crippen LogP contribution in [0.5, 0.6) is 5.75 Å². The summed E-state index contributed by atoms with van der Waals surface area (Å²) in [4.78, 5) is 20.7. The highest BCUT2D eigenvalue weighted by Crippen LogP contribution is 2.45. The number of aldehydes is 1. The van der Waals surface area contributed by atoms with Crippen molar-refractivity contribution in [1.82, 2.24) is 0 Å². The van der Waals surface area contributed by atoms with Crippen LogP contribution in [0.3, 0.4) is 0 Å². The summed E-state index contributed by atoms with van der Waals surface area (Å²) in [6.45, 7) is 3.01. The SMILES string of the molecule is CC(=O)c1ccc(OC2CCCC2)c(-c2cccc(F)c2C2CCC2)c1.CC=O.[HH].[HH]. The summed E-state index contributed by atoms with van der Waals surface area (Å²) >= 11 is 0. The summed E-state index contributed by atoms with van der Waals surface area (Å²) in [6, 6.07) is 10.9. The van der Waals surface area contributed by atoms with Gasteiger partial charge in [0.2, 0.25) is 0 Å². The van der Waals surface area contributed by atoms with Gasteiger partial charge in [0.05, 0.1) is 6.10 Å². The molecule has 3 nitrogen and oxygen atoms in total. The van der Waals surface area contributed by atoms with Crippen LogP contribution >= 0.6 is 0 Å². The fourth-order valence-electron chi connectivity index (χ4n) is 4.13. The summed E-state index contributed by atoms with van der Waals surface area (Å²) < 4.78 is 21.0. The van der Waals surface area contributed by atoms with Crippen molar-refractivity contribution in [1.29, 1.82) is 0 Å². The molecule has 0 N–H and O–H groups in total. The minimum atomic E-state index is -0.146. The van der Waals surface area contributed by atoms with Crippen molar-refractivity contribution < 1.29 is 21.6 Å². The smallest absolute Gasteiger partial charge is 0.159 e. The lowest BCUT2D eigenvalue weighted by Crippen LogP contribution is -2.14. The molecule has 2 aliphatic rings. The number of Topliss-reactive ketones (excluding diaryl/α,β-unsaturated/α-hetero) is 1. The molecular formula is C25H33FO3. The van der Waals surface area contributed by atoms with Crippen molar-refractivity contribution >= 4 is 12.1 Å². The number of rotatable bonds is 5. The molecule has 0 atom stereocenters. The van der Waals surface area contributed by atoms with Crippen LogP contribution in [0.1, 0.15) is 83.5 Å². The van der Waals surface area contributed by atoms with Gasteiger partial charge in [-0.05, 0) is 93.7 Å². The third-order valence-electron chi connectivity index (χ3n) is 5.84. The van der Waals surface area contributed by atoms with E-state index in [1.54, 1.807) is 19.1 Å². The van der Waals surface area contributed by atoms with E-state index in [-0.39, 0.29) is 26.5 Å². The number of ether oxygens (including phenoxy) is 1. The standard InChI is InChI=1S/C23H25FO2.C2H4O.2H2/c1-15(25)17-12-13-22(26-18-8-2-3-9-18)20(14-17)19-10-5-11-21(24)23(19)16-6-4-7-16;1-2-3;;/h5,10-14,16,18H,2-4,6-9H2,1H3;2H,1H3;2*1H. The van der Waals surface area contributed by atoms with E-state index in [9.17, 15) is 9.18 Å². The van der Waals surface area contributed by atoms with E-state index in [2.05, 4.69) is 0 Å². The van der Waals surface area contributed by atoms with Gasteiger partial charge in [0, 0.05) is 14.0 Å². The zero-order valence-corrected chi connectivity index (χ0v) is 17.2. The lowest BCUT2D eigenvalue weighted by atomic mass is 9.76. The normalized spacial score (nSPS) is 16.5. The molecule has 4 rings (SSSR count). The quantitative estimate of drug-likeness (QED) is 0.401. The van der Waals surface area contributed by atoms with Gasteiger partial charge in [0.15, 0.2) is 5.78 Å². The molecule has 0 heterocycles. The van der Waals surface area contributed by atoms with E-state index in [0.717, 1.165) is 60.8 Å². The Morgan fingerprint density at radius 1 is 1.07 bits per heavy atom. The second-order valence-corrected chi connectivity index (χ2v) is 7.86. The fourth-order valence-corrected chi connectivity index (χ4v) is 4.13. The van der Waals surface area contributed by atoms with Crippen LogP contribution < -0.4 is 4.74 Å². The van der Waals surface area contributed by atoms with Gasteiger partial charge < -0.3 is 9.53 Å². The maximum absolute atomic E-state index is 14.7. The number of hydrogen-bond donors (Lipinski definition) is 0. The zero-order valence-electron chi connectivity index (χ0n) is 17.2. The van der Waals surface area contributed by atoms with Crippen molar-refractivity contribution in [3.63, 3.8) is 0 Å². The molecule has 0 radical (unpaired) electrons. The Bertz CT molecular complexity index is 875. The van der Waals surface area contributed by atoms with Crippen molar-refractivity contribution in [3.8, 4) is 16.9 Å². The Morgan fingerprint density at radius 2 is 1.76 bits per heavy atom. The zero-order chi connectivity index (χ0) is 20.8. The average Bonchev–Trinajstić information content (AvgIpc) is 3.16. The minimum Gasteiger partial charge on any atom is -0.490 e. The molecule has 4 heteroatoms. The van der Waals surface area contributed by atoms with Crippen LogP contribution in [0.4, 0.5) is 4.39 Å². The predicted molar refractivity (Wildman–Crippen MR) is 117 cm³/mol. The van der Waals surface area contributed by atoms with E-state index in [0.29, 0.717) is 5.56 Å². The van der Waals surface area contributed by atoms with Crippen LogP contribution in [-0.4, -0.2) is 18.2 Å². The van der Waals surface area contributed by atoms with Crippen molar-refractivity contribution in [3.05, 3.63) is 53.3 Å². The average molecular weight is 401 g/mol. The Balaban J connectivity index is 0.000000910.